The monoisotopic (exact) mass is 292 g/mol. The third-order valence-corrected chi connectivity index (χ3v) is 2.90. The molecule has 1 aliphatic rings. The third-order valence-electron chi connectivity index (χ3n) is 2.90. The SMILES string of the molecule is COc1cc(OC)nc(OC2(C)C=CC=NC2C(=O)[O-])n1. The van der Waals surface area contributed by atoms with Gasteiger partial charge in [-0.25, -0.2) is 0 Å². The molecule has 1 aliphatic heterocycles. The van der Waals surface area contributed by atoms with Crippen molar-refractivity contribution in [2.45, 2.75) is 18.6 Å². The van der Waals surface area contributed by atoms with E-state index < -0.39 is 17.6 Å². The summed E-state index contributed by atoms with van der Waals surface area (Å²) in [7, 11) is 2.87. The van der Waals surface area contributed by atoms with Crippen LogP contribution in [0.25, 0.3) is 0 Å². The quantitative estimate of drug-likeness (QED) is 0.712. The zero-order valence-electron chi connectivity index (χ0n) is 11.8. The van der Waals surface area contributed by atoms with Crippen molar-refractivity contribution in [3.05, 3.63) is 18.2 Å². The van der Waals surface area contributed by atoms with E-state index >= 15 is 0 Å². The van der Waals surface area contributed by atoms with Crippen LogP contribution in [-0.2, 0) is 4.79 Å². The fourth-order valence-corrected chi connectivity index (χ4v) is 1.83. The molecular weight excluding hydrogens is 278 g/mol. The molecule has 0 spiro atoms. The van der Waals surface area contributed by atoms with Gasteiger partial charge in [-0.2, -0.15) is 9.97 Å². The number of aromatic nitrogens is 2. The van der Waals surface area contributed by atoms with Gasteiger partial charge in [0.1, 0.15) is 6.04 Å². The second-order valence-electron chi connectivity index (χ2n) is 4.40. The van der Waals surface area contributed by atoms with E-state index in [1.54, 1.807) is 19.1 Å². The Hall–Kier alpha value is -2.64. The van der Waals surface area contributed by atoms with Gasteiger partial charge in [0.05, 0.1) is 26.3 Å². The molecule has 8 heteroatoms. The lowest BCUT2D eigenvalue weighted by Gasteiger charge is -2.34. The Balaban J connectivity index is 2.33. The molecule has 0 amide bonds. The van der Waals surface area contributed by atoms with Gasteiger partial charge in [0, 0.05) is 6.21 Å². The number of carboxylic acids is 1. The first-order valence-electron chi connectivity index (χ1n) is 6.06. The van der Waals surface area contributed by atoms with E-state index in [9.17, 15) is 9.90 Å². The molecule has 0 radical (unpaired) electrons. The maximum absolute atomic E-state index is 11.2. The topological polar surface area (TPSA) is 106 Å². The fourth-order valence-electron chi connectivity index (χ4n) is 1.83. The van der Waals surface area contributed by atoms with Crippen LogP contribution < -0.4 is 19.3 Å². The van der Waals surface area contributed by atoms with Gasteiger partial charge < -0.3 is 24.1 Å². The van der Waals surface area contributed by atoms with Crippen molar-refractivity contribution in [1.29, 1.82) is 0 Å². The second kappa shape index (κ2) is 5.78. The Labute approximate surface area is 121 Å². The molecule has 0 saturated carbocycles. The summed E-state index contributed by atoms with van der Waals surface area (Å²) in [6.45, 7) is 1.55. The van der Waals surface area contributed by atoms with Crippen LogP contribution in [0.15, 0.2) is 23.2 Å². The van der Waals surface area contributed by atoms with Gasteiger partial charge in [0.2, 0.25) is 11.8 Å². The first-order chi connectivity index (χ1) is 9.98. The summed E-state index contributed by atoms with van der Waals surface area (Å²) in [6.07, 6.45) is 4.51. The Morgan fingerprint density at radius 3 is 2.43 bits per heavy atom. The predicted molar refractivity (Wildman–Crippen MR) is 70.6 cm³/mol. The highest BCUT2D eigenvalue weighted by Crippen LogP contribution is 2.27. The zero-order valence-corrected chi connectivity index (χ0v) is 11.8. The van der Waals surface area contributed by atoms with Crippen LogP contribution in [0.4, 0.5) is 0 Å². The average molecular weight is 292 g/mol. The molecular formula is C13H14N3O5-. The van der Waals surface area contributed by atoms with Crippen molar-refractivity contribution in [1.82, 2.24) is 9.97 Å². The Morgan fingerprint density at radius 1 is 1.29 bits per heavy atom. The molecule has 1 aromatic heterocycles. The van der Waals surface area contributed by atoms with Crippen molar-refractivity contribution in [3.8, 4) is 17.8 Å². The summed E-state index contributed by atoms with van der Waals surface area (Å²) in [5.74, 6) is -0.893. The van der Waals surface area contributed by atoms with Gasteiger partial charge in [-0.15, -0.1) is 0 Å². The number of carbonyl (C=O) groups excluding carboxylic acids is 1. The highest BCUT2D eigenvalue weighted by atomic mass is 16.5. The van der Waals surface area contributed by atoms with Crippen LogP contribution in [0.2, 0.25) is 0 Å². The lowest BCUT2D eigenvalue weighted by molar-refractivity contribution is -0.310. The Kier molecular flexibility index (Phi) is 4.06. The van der Waals surface area contributed by atoms with E-state index in [4.69, 9.17) is 14.2 Å². The molecule has 0 bridgehead atoms. The maximum Gasteiger partial charge on any atom is 0.324 e. The Morgan fingerprint density at radius 2 is 1.90 bits per heavy atom. The number of carbonyl (C=O) groups is 1. The van der Waals surface area contributed by atoms with E-state index in [2.05, 4.69) is 15.0 Å². The standard InChI is InChI=1S/C13H15N3O5/c1-13(5-4-6-14-10(13)11(17)18)21-12-15-8(19-2)7-9(16-12)20-3/h4-7,10H,1-3H3,(H,17,18)/p-1. The van der Waals surface area contributed by atoms with Crippen molar-refractivity contribution in [2.75, 3.05) is 14.2 Å². The number of methoxy groups -OCH3 is 2. The number of rotatable bonds is 5. The number of aliphatic imine (C=N–C) groups is 1. The van der Waals surface area contributed by atoms with E-state index in [0.717, 1.165) is 0 Å². The maximum atomic E-state index is 11.2. The summed E-state index contributed by atoms with van der Waals surface area (Å²) in [5, 5.41) is 11.2. The van der Waals surface area contributed by atoms with E-state index in [1.165, 1.54) is 26.5 Å². The molecule has 0 aliphatic carbocycles. The number of hydrogen-bond acceptors (Lipinski definition) is 8. The molecule has 0 N–H and O–H groups in total. The molecule has 0 aromatic carbocycles. The Bertz CT molecular complexity index is 579. The third kappa shape index (κ3) is 3.10. The number of dihydropyridines is 1. The van der Waals surface area contributed by atoms with Crippen LogP contribution in [0, 0.1) is 0 Å². The minimum absolute atomic E-state index is 0.0818. The molecule has 2 rings (SSSR count). The van der Waals surface area contributed by atoms with Crippen LogP contribution >= 0.6 is 0 Å². The summed E-state index contributed by atoms with van der Waals surface area (Å²) in [4.78, 5) is 23.0. The molecule has 1 aromatic rings. The normalized spacial score (nSPS) is 23.7. The van der Waals surface area contributed by atoms with Crippen LogP contribution in [0.5, 0.6) is 17.8 Å². The van der Waals surface area contributed by atoms with E-state index in [1.807, 2.05) is 0 Å². The van der Waals surface area contributed by atoms with E-state index in [-0.39, 0.29) is 17.8 Å². The van der Waals surface area contributed by atoms with Gasteiger partial charge in [-0.05, 0) is 19.1 Å². The molecule has 2 unspecified atom stereocenters. The van der Waals surface area contributed by atoms with Crippen LogP contribution in [0.3, 0.4) is 0 Å². The summed E-state index contributed by atoms with van der Waals surface area (Å²) in [6, 6.07) is 0.185. The number of nitrogens with zero attached hydrogens (tertiary/aromatic N) is 3. The highest BCUT2D eigenvalue weighted by molar-refractivity contribution is 5.82. The molecule has 2 atom stereocenters. The van der Waals surface area contributed by atoms with Gasteiger partial charge in [-0.1, -0.05) is 0 Å². The number of carboxylic acid groups (broad SMARTS) is 1. The van der Waals surface area contributed by atoms with Crippen molar-refractivity contribution < 1.29 is 24.1 Å². The first kappa shape index (κ1) is 14.8. The summed E-state index contributed by atoms with van der Waals surface area (Å²) < 4.78 is 15.6. The highest BCUT2D eigenvalue weighted by Gasteiger charge is 2.37. The lowest BCUT2D eigenvalue weighted by Crippen LogP contribution is -2.53. The number of hydrogen-bond donors (Lipinski definition) is 0. The van der Waals surface area contributed by atoms with Gasteiger partial charge in [0.15, 0.2) is 5.60 Å². The van der Waals surface area contributed by atoms with Crippen molar-refractivity contribution in [3.63, 3.8) is 0 Å². The van der Waals surface area contributed by atoms with Gasteiger partial charge in [0.25, 0.3) is 0 Å². The molecule has 2 heterocycles. The predicted octanol–water partition coefficient (Wildman–Crippen LogP) is -0.610. The molecule has 0 saturated heterocycles. The minimum Gasteiger partial charge on any atom is -0.548 e. The van der Waals surface area contributed by atoms with Crippen LogP contribution in [-0.4, -0.2) is 48.0 Å². The average Bonchev–Trinajstić information content (AvgIpc) is 2.46. The summed E-state index contributed by atoms with van der Waals surface area (Å²) >= 11 is 0. The number of aliphatic carboxylic acids is 1. The summed E-state index contributed by atoms with van der Waals surface area (Å²) in [5.41, 5.74) is -1.27. The molecule has 21 heavy (non-hydrogen) atoms. The zero-order chi connectivity index (χ0) is 15.5. The molecule has 8 nitrogen and oxygen atoms in total. The van der Waals surface area contributed by atoms with Crippen LogP contribution in [0.1, 0.15) is 6.92 Å². The van der Waals surface area contributed by atoms with E-state index in [0.29, 0.717) is 0 Å². The molecule has 112 valence electrons. The molecule has 0 fully saturated rings. The van der Waals surface area contributed by atoms with Gasteiger partial charge >= 0.3 is 6.01 Å². The second-order valence-corrected chi connectivity index (χ2v) is 4.40. The lowest BCUT2D eigenvalue weighted by atomic mass is 9.94. The number of allylic oxidation sites excluding steroid dienone is 1. The largest absolute Gasteiger partial charge is 0.548 e. The van der Waals surface area contributed by atoms with Gasteiger partial charge in [-0.3, -0.25) is 4.99 Å². The number of ether oxygens (including phenoxy) is 3. The fraction of sp³-hybridized carbons (Fsp3) is 0.385. The minimum atomic E-state index is -1.35. The smallest absolute Gasteiger partial charge is 0.324 e. The van der Waals surface area contributed by atoms with Crippen molar-refractivity contribution >= 4 is 12.2 Å². The first-order valence-corrected chi connectivity index (χ1v) is 6.06. The van der Waals surface area contributed by atoms with Crippen molar-refractivity contribution in [2.24, 2.45) is 4.99 Å².